The first kappa shape index (κ1) is 26.5. The molecule has 2 fully saturated rings. The molecular formula is C30H32N4O5. The molecule has 2 saturated heterocycles. The van der Waals surface area contributed by atoms with Crippen molar-refractivity contribution in [2.75, 3.05) is 13.1 Å². The molecule has 0 radical (unpaired) electrons. The van der Waals surface area contributed by atoms with Crippen molar-refractivity contribution in [1.29, 1.82) is 0 Å². The van der Waals surface area contributed by atoms with E-state index in [1.807, 2.05) is 48.5 Å². The molecule has 2 aliphatic heterocycles. The van der Waals surface area contributed by atoms with Crippen LogP contribution in [0.2, 0.25) is 0 Å². The molecule has 0 unspecified atom stereocenters. The van der Waals surface area contributed by atoms with Crippen LogP contribution in [0.25, 0.3) is 22.9 Å². The second-order valence-electron chi connectivity index (χ2n) is 10.3. The van der Waals surface area contributed by atoms with Gasteiger partial charge in [-0.1, -0.05) is 24.3 Å². The fourth-order valence-electron chi connectivity index (χ4n) is 5.58. The minimum absolute atomic E-state index is 0.0541. The number of Topliss-reactive ketones (excluding diaryl/α,β-unsaturated/α-hetero) is 2. The molecule has 2 aliphatic rings. The van der Waals surface area contributed by atoms with E-state index >= 15 is 0 Å². The number of hydrogen-bond acceptors (Lipinski definition) is 7. The molecule has 0 saturated carbocycles. The number of aromatic nitrogens is 2. The monoisotopic (exact) mass is 528 g/mol. The van der Waals surface area contributed by atoms with Crippen LogP contribution in [-0.4, -0.2) is 68.6 Å². The summed E-state index contributed by atoms with van der Waals surface area (Å²) in [6, 6.07) is 14.2. The second-order valence-corrected chi connectivity index (χ2v) is 10.3. The normalized spacial score (nSPS) is 18.9. The van der Waals surface area contributed by atoms with E-state index in [0.29, 0.717) is 24.9 Å². The first-order valence-corrected chi connectivity index (χ1v) is 13.4. The zero-order valence-electron chi connectivity index (χ0n) is 22.3. The number of amides is 2. The fraction of sp³-hybridized carbons (Fsp3) is 0.400. The van der Waals surface area contributed by atoms with Crippen LogP contribution in [0.4, 0.5) is 0 Å². The lowest BCUT2D eigenvalue weighted by Crippen LogP contribution is -2.39. The van der Waals surface area contributed by atoms with Crippen LogP contribution in [0.1, 0.15) is 50.7 Å². The van der Waals surface area contributed by atoms with E-state index in [1.54, 1.807) is 9.80 Å². The van der Waals surface area contributed by atoms with Gasteiger partial charge in [0.2, 0.25) is 23.6 Å². The Morgan fingerprint density at radius 3 is 1.44 bits per heavy atom. The van der Waals surface area contributed by atoms with Crippen LogP contribution in [0, 0.1) is 0 Å². The average Bonchev–Trinajstić information content (AvgIpc) is 3.70. The molecule has 2 aromatic carbocycles. The van der Waals surface area contributed by atoms with Gasteiger partial charge in [-0.05, 0) is 61.1 Å². The number of nitrogens with zero attached hydrogens (tertiary/aromatic N) is 4. The number of hydrogen-bond donors (Lipinski definition) is 0. The molecule has 9 nitrogen and oxygen atoms in total. The van der Waals surface area contributed by atoms with Crippen molar-refractivity contribution in [1.82, 2.24) is 20.0 Å². The van der Waals surface area contributed by atoms with Crippen LogP contribution in [0.15, 0.2) is 52.9 Å². The topological polar surface area (TPSA) is 114 Å². The van der Waals surface area contributed by atoms with Crippen molar-refractivity contribution in [3.8, 4) is 22.9 Å². The molecule has 0 bridgehead atoms. The Morgan fingerprint density at radius 1 is 0.692 bits per heavy atom. The highest BCUT2D eigenvalue weighted by atomic mass is 16.4. The van der Waals surface area contributed by atoms with Gasteiger partial charge < -0.3 is 14.2 Å². The summed E-state index contributed by atoms with van der Waals surface area (Å²) in [6.45, 7) is 4.31. The van der Waals surface area contributed by atoms with Crippen LogP contribution in [0.3, 0.4) is 0 Å². The zero-order chi connectivity index (χ0) is 27.5. The summed E-state index contributed by atoms with van der Waals surface area (Å²) in [4.78, 5) is 52.4. The smallest absolute Gasteiger partial charge is 0.248 e. The molecule has 1 aromatic heterocycles. The summed E-state index contributed by atoms with van der Waals surface area (Å²) in [6.07, 6.45) is 3.69. The van der Waals surface area contributed by atoms with Gasteiger partial charge in [0.15, 0.2) is 11.6 Å². The van der Waals surface area contributed by atoms with Crippen LogP contribution in [-0.2, 0) is 32.0 Å². The summed E-state index contributed by atoms with van der Waals surface area (Å²) in [7, 11) is 0. The number of benzene rings is 2. The van der Waals surface area contributed by atoms with Gasteiger partial charge in [-0.15, -0.1) is 10.2 Å². The molecule has 9 heteroatoms. The minimum atomic E-state index is -0.330. The molecule has 39 heavy (non-hydrogen) atoms. The predicted molar refractivity (Wildman–Crippen MR) is 143 cm³/mol. The van der Waals surface area contributed by atoms with Crippen LogP contribution >= 0.6 is 0 Å². The van der Waals surface area contributed by atoms with Gasteiger partial charge in [0.1, 0.15) is 0 Å². The van der Waals surface area contributed by atoms with E-state index in [-0.39, 0.29) is 48.3 Å². The number of rotatable bonds is 8. The quantitative estimate of drug-likeness (QED) is 0.438. The molecule has 202 valence electrons. The fourth-order valence-corrected chi connectivity index (χ4v) is 5.58. The lowest BCUT2D eigenvalue weighted by Gasteiger charge is -2.22. The molecule has 3 aromatic rings. The standard InChI is InChI=1S/C30H32N4O5/c1-19(35)33-15-3-5-25(33)27(37)17-21-7-11-23(12-8-21)29-31-32-30(39-29)24-13-9-22(10-14-24)18-28(38)26-6-4-16-34(26)20(2)36/h7-14,25-26H,3-6,15-18H2,1-2H3/t25-,26-/m0/s1. The Bertz CT molecular complexity index is 1280. The summed E-state index contributed by atoms with van der Waals surface area (Å²) >= 11 is 0. The van der Waals surface area contributed by atoms with Crippen molar-refractivity contribution in [3.63, 3.8) is 0 Å². The molecule has 0 N–H and O–H groups in total. The Hall–Kier alpha value is -4.14. The Kier molecular flexibility index (Phi) is 7.67. The first-order valence-electron chi connectivity index (χ1n) is 13.4. The van der Waals surface area contributed by atoms with E-state index in [9.17, 15) is 19.2 Å². The summed E-state index contributed by atoms with van der Waals surface area (Å²) in [5, 5.41) is 8.35. The maximum atomic E-state index is 12.8. The zero-order valence-corrected chi connectivity index (χ0v) is 22.3. The SMILES string of the molecule is CC(=O)N1CCC[C@H]1C(=O)Cc1ccc(-c2nnc(-c3ccc(CC(=O)[C@@H]4CCCN4C(C)=O)cc3)o2)cc1. The molecule has 2 atom stereocenters. The van der Waals surface area contributed by atoms with Crippen molar-refractivity contribution >= 4 is 23.4 Å². The highest BCUT2D eigenvalue weighted by Crippen LogP contribution is 2.26. The summed E-state index contributed by atoms with van der Waals surface area (Å²) < 4.78 is 5.90. The third-order valence-electron chi connectivity index (χ3n) is 7.64. The van der Waals surface area contributed by atoms with Crippen LogP contribution in [0.5, 0.6) is 0 Å². The van der Waals surface area contributed by atoms with Gasteiger partial charge in [-0.25, -0.2) is 0 Å². The molecule has 3 heterocycles. The number of ketones is 2. The largest absolute Gasteiger partial charge is 0.416 e. The molecule has 0 aliphatic carbocycles. The second kappa shape index (κ2) is 11.3. The van der Waals surface area contributed by atoms with Gasteiger partial charge in [0.25, 0.3) is 0 Å². The van der Waals surface area contributed by atoms with Crippen molar-refractivity contribution < 1.29 is 23.6 Å². The van der Waals surface area contributed by atoms with Crippen molar-refractivity contribution in [3.05, 3.63) is 59.7 Å². The van der Waals surface area contributed by atoms with E-state index < -0.39 is 0 Å². The van der Waals surface area contributed by atoms with Gasteiger partial charge in [0, 0.05) is 50.9 Å². The molecule has 0 spiro atoms. The van der Waals surface area contributed by atoms with E-state index in [4.69, 9.17) is 4.42 Å². The predicted octanol–water partition coefficient (Wildman–Crippen LogP) is 3.65. The maximum absolute atomic E-state index is 12.8. The van der Waals surface area contributed by atoms with Gasteiger partial charge in [0.05, 0.1) is 12.1 Å². The highest BCUT2D eigenvalue weighted by molar-refractivity contribution is 5.91. The Morgan fingerprint density at radius 2 is 1.08 bits per heavy atom. The number of carbonyl (C=O) groups is 4. The molecule has 5 rings (SSSR count). The maximum Gasteiger partial charge on any atom is 0.248 e. The summed E-state index contributed by atoms with van der Waals surface area (Å²) in [5.41, 5.74) is 3.22. The average molecular weight is 529 g/mol. The minimum Gasteiger partial charge on any atom is -0.416 e. The number of carbonyl (C=O) groups excluding carboxylic acids is 4. The third kappa shape index (κ3) is 5.82. The van der Waals surface area contributed by atoms with Gasteiger partial charge >= 0.3 is 0 Å². The van der Waals surface area contributed by atoms with Crippen molar-refractivity contribution in [2.24, 2.45) is 0 Å². The summed E-state index contributed by atoms with van der Waals surface area (Å²) in [5.74, 6) is 0.737. The first-order chi connectivity index (χ1) is 18.8. The Balaban J connectivity index is 1.20. The van der Waals surface area contributed by atoms with E-state index in [1.165, 1.54) is 13.8 Å². The molecular weight excluding hydrogens is 496 g/mol. The number of likely N-dealkylation sites (tertiary alicyclic amines) is 2. The lowest BCUT2D eigenvalue weighted by atomic mass is 10.0. The van der Waals surface area contributed by atoms with Gasteiger partial charge in [-0.3, -0.25) is 19.2 Å². The van der Waals surface area contributed by atoms with E-state index in [2.05, 4.69) is 10.2 Å². The van der Waals surface area contributed by atoms with Crippen LogP contribution < -0.4 is 0 Å². The third-order valence-corrected chi connectivity index (χ3v) is 7.64. The highest BCUT2D eigenvalue weighted by Gasteiger charge is 2.33. The van der Waals surface area contributed by atoms with Crippen molar-refractivity contribution in [2.45, 2.75) is 64.5 Å². The van der Waals surface area contributed by atoms with E-state index in [0.717, 1.165) is 47.9 Å². The lowest BCUT2D eigenvalue weighted by molar-refractivity contribution is -0.135. The Labute approximate surface area is 227 Å². The van der Waals surface area contributed by atoms with Gasteiger partial charge in [-0.2, -0.15) is 0 Å². The molecule has 2 amide bonds.